The largest absolute Gasteiger partial charge is 0.228 e. The Morgan fingerprint density at radius 3 is 1.46 bits per heavy atom. The highest BCUT2D eigenvalue weighted by Gasteiger charge is 2.19. The third-order valence-corrected chi connectivity index (χ3v) is 10.5. The number of hydrogen-bond acceptors (Lipinski definition) is 2. The summed E-state index contributed by atoms with van der Waals surface area (Å²) >= 11 is 0. The van der Waals surface area contributed by atoms with Crippen LogP contribution in [0.5, 0.6) is 0 Å². The highest BCUT2D eigenvalue weighted by atomic mass is 14.9. The molecule has 252 valence electrons. The van der Waals surface area contributed by atoms with Crippen LogP contribution in [-0.2, 0) is 0 Å². The first-order valence-corrected chi connectivity index (χ1v) is 18.4. The second-order valence-corrected chi connectivity index (χ2v) is 13.7. The van der Waals surface area contributed by atoms with Crippen molar-refractivity contribution >= 4 is 32.3 Å². The lowest BCUT2D eigenvalue weighted by Gasteiger charge is -2.18. The molecule has 1 aromatic heterocycles. The highest BCUT2D eigenvalue weighted by Crippen LogP contribution is 2.44. The molecular weight excluding hydrogens is 653 g/mol. The first-order chi connectivity index (χ1) is 26.8. The number of rotatable bonds is 6. The Labute approximate surface area is 314 Å². The number of benzene rings is 9. The van der Waals surface area contributed by atoms with E-state index in [1.165, 1.54) is 49.0 Å². The first-order valence-electron chi connectivity index (χ1n) is 18.4. The Morgan fingerprint density at radius 1 is 0.259 bits per heavy atom. The minimum absolute atomic E-state index is 0.695. The lowest BCUT2D eigenvalue weighted by Crippen LogP contribution is -1.98. The summed E-state index contributed by atoms with van der Waals surface area (Å²) in [5, 5.41) is 7.39. The van der Waals surface area contributed by atoms with Gasteiger partial charge < -0.3 is 0 Å². The smallest absolute Gasteiger partial charge is 0.160 e. The molecule has 0 saturated carbocycles. The van der Waals surface area contributed by atoms with E-state index in [1.807, 2.05) is 18.2 Å². The predicted octanol–water partition coefficient (Wildman–Crippen LogP) is 13.9. The maximum absolute atomic E-state index is 5.33. The molecule has 0 atom stereocenters. The van der Waals surface area contributed by atoms with Crippen molar-refractivity contribution in [3.63, 3.8) is 0 Å². The lowest BCUT2D eigenvalue weighted by atomic mass is 9.87. The highest BCUT2D eigenvalue weighted by molar-refractivity contribution is 6.21. The van der Waals surface area contributed by atoms with Crippen LogP contribution in [0.15, 0.2) is 206 Å². The van der Waals surface area contributed by atoms with Crippen LogP contribution in [0.4, 0.5) is 0 Å². The molecule has 1 heterocycles. The van der Waals surface area contributed by atoms with Crippen molar-refractivity contribution in [2.75, 3.05) is 0 Å². The van der Waals surface area contributed by atoms with Gasteiger partial charge in [-0.3, -0.25) is 0 Å². The predicted molar refractivity (Wildman–Crippen MR) is 227 cm³/mol. The van der Waals surface area contributed by atoms with Gasteiger partial charge in [-0.25, -0.2) is 9.97 Å². The quantitative estimate of drug-likeness (QED) is 0.129. The number of nitrogens with zero attached hydrogens (tertiary/aromatic N) is 2. The second-order valence-electron chi connectivity index (χ2n) is 13.7. The van der Waals surface area contributed by atoms with Gasteiger partial charge in [0.25, 0.3) is 0 Å². The van der Waals surface area contributed by atoms with Crippen LogP contribution >= 0.6 is 0 Å². The van der Waals surface area contributed by atoms with Crippen molar-refractivity contribution in [2.45, 2.75) is 0 Å². The molecule has 2 nitrogen and oxygen atoms in total. The van der Waals surface area contributed by atoms with Crippen LogP contribution in [0.2, 0.25) is 0 Å². The van der Waals surface area contributed by atoms with E-state index in [9.17, 15) is 0 Å². The van der Waals surface area contributed by atoms with Crippen molar-refractivity contribution in [1.29, 1.82) is 0 Å². The summed E-state index contributed by atoms with van der Waals surface area (Å²) in [7, 11) is 0. The molecular formula is C52H34N2. The fourth-order valence-electron chi connectivity index (χ4n) is 7.91. The van der Waals surface area contributed by atoms with Gasteiger partial charge in [0, 0.05) is 16.7 Å². The van der Waals surface area contributed by atoms with Crippen LogP contribution in [0.3, 0.4) is 0 Å². The molecule has 10 aromatic rings. The van der Waals surface area contributed by atoms with Gasteiger partial charge in [-0.15, -0.1) is 0 Å². The van der Waals surface area contributed by atoms with Crippen molar-refractivity contribution < 1.29 is 0 Å². The maximum atomic E-state index is 5.33. The molecule has 0 aliphatic rings. The molecule has 0 aliphatic carbocycles. The molecule has 10 rings (SSSR count). The van der Waals surface area contributed by atoms with Gasteiger partial charge in [0.1, 0.15) is 0 Å². The Kier molecular flexibility index (Phi) is 7.85. The van der Waals surface area contributed by atoms with Crippen LogP contribution in [0.25, 0.3) is 99.6 Å². The summed E-state index contributed by atoms with van der Waals surface area (Å²) < 4.78 is 0. The third kappa shape index (κ3) is 5.62. The van der Waals surface area contributed by atoms with Crippen LogP contribution in [0.1, 0.15) is 0 Å². The van der Waals surface area contributed by atoms with E-state index in [1.54, 1.807) is 0 Å². The van der Waals surface area contributed by atoms with Crippen LogP contribution in [0, 0.1) is 0 Å². The summed E-state index contributed by atoms with van der Waals surface area (Å²) in [6.07, 6.45) is 0. The SMILES string of the molecule is c1ccc(-c2ccc(-c3ccccc3-c3cc(-c4ccccc4-c4c5ccccc5cc5c4ccc4ccccc45)nc(-c4ccccc4)n3)cc2)cc1. The molecule has 0 N–H and O–H groups in total. The van der Waals surface area contributed by atoms with E-state index < -0.39 is 0 Å². The fraction of sp³-hybridized carbons (Fsp3) is 0. The van der Waals surface area contributed by atoms with Gasteiger partial charge in [0.05, 0.1) is 11.4 Å². The van der Waals surface area contributed by atoms with Gasteiger partial charge >= 0.3 is 0 Å². The molecule has 54 heavy (non-hydrogen) atoms. The Hall–Kier alpha value is -7.16. The Balaban J connectivity index is 1.19. The van der Waals surface area contributed by atoms with Crippen molar-refractivity contribution in [3.8, 4) is 67.3 Å². The van der Waals surface area contributed by atoms with E-state index in [0.717, 1.165) is 44.8 Å². The van der Waals surface area contributed by atoms with Gasteiger partial charge in [0.15, 0.2) is 5.82 Å². The van der Waals surface area contributed by atoms with Gasteiger partial charge in [0.2, 0.25) is 0 Å². The van der Waals surface area contributed by atoms with E-state index in [2.05, 4.69) is 188 Å². The molecule has 0 fully saturated rings. The molecule has 0 unspecified atom stereocenters. The molecule has 0 spiro atoms. The number of aromatic nitrogens is 2. The zero-order valence-corrected chi connectivity index (χ0v) is 29.5. The molecule has 0 bridgehead atoms. The molecule has 0 radical (unpaired) electrons. The van der Waals surface area contributed by atoms with Gasteiger partial charge in [-0.2, -0.15) is 0 Å². The molecule has 0 saturated heterocycles. The standard InChI is InChI=1S/C52H34N2/c1-3-15-35(16-4-1)36-27-29-38(30-28-36)41-21-11-12-24-44(41)49-34-50(54-52(53-49)39-18-5-2-6-19-39)45-25-13-14-26-46(45)51-43-23-10-8-20-40(43)33-48-42-22-9-7-17-37(42)31-32-47(48)51/h1-34H. The normalized spacial score (nSPS) is 11.3. The first kappa shape index (κ1) is 31.6. The fourth-order valence-corrected chi connectivity index (χ4v) is 7.91. The molecule has 9 aromatic carbocycles. The van der Waals surface area contributed by atoms with E-state index in [0.29, 0.717) is 5.82 Å². The van der Waals surface area contributed by atoms with Crippen LogP contribution < -0.4 is 0 Å². The van der Waals surface area contributed by atoms with Crippen LogP contribution in [-0.4, -0.2) is 9.97 Å². The number of fused-ring (bicyclic) bond motifs is 4. The Bertz CT molecular complexity index is 2970. The summed E-state index contributed by atoms with van der Waals surface area (Å²) in [4.78, 5) is 10.6. The summed E-state index contributed by atoms with van der Waals surface area (Å²) in [6.45, 7) is 0. The van der Waals surface area contributed by atoms with Crippen molar-refractivity contribution in [3.05, 3.63) is 206 Å². The Morgan fingerprint density at radius 2 is 0.759 bits per heavy atom. The topological polar surface area (TPSA) is 25.8 Å². The van der Waals surface area contributed by atoms with Crippen molar-refractivity contribution in [1.82, 2.24) is 9.97 Å². The maximum Gasteiger partial charge on any atom is 0.160 e. The van der Waals surface area contributed by atoms with E-state index in [4.69, 9.17) is 9.97 Å². The number of hydrogen-bond donors (Lipinski definition) is 0. The third-order valence-electron chi connectivity index (χ3n) is 10.5. The van der Waals surface area contributed by atoms with E-state index >= 15 is 0 Å². The van der Waals surface area contributed by atoms with Crippen molar-refractivity contribution in [2.24, 2.45) is 0 Å². The molecule has 0 aliphatic heterocycles. The molecule has 0 amide bonds. The lowest BCUT2D eigenvalue weighted by molar-refractivity contribution is 1.18. The summed E-state index contributed by atoms with van der Waals surface area (Å²) in [5.41, 5.74) is 11.9. The zero-order valence-electron chi connectivity index (χ0n) is 29.5. The second kappa shape index (κ2) is 13.4. The minimum Gasteiger partial charge on any atom is -0.228 e. The average Bonchev–Trinajstić information content (AvgIpc) is 3.26. The summed E-state index contributed by atoms with van der Waals surface area (Å²) in [5.74, 6) is 0.695. The monoisotopic (exact) mass is 686 g/mol. The minimum atomic E-state index is 0.695. The zero-order chi connectivity index (χ0) is 35.8. The van der Waals surface area contributed by atoms with Gasteiger partial charge in [-0.05, 0) is 77.8 Å². The van der Waals surface area contributed by atoms with Gasteiger partial charge in [-0.1, -0.05) is 194 Å². The van der Waals surface area contributed by atoms with E-state index in [-0.39, 0.29) is 0 Å². The molecule has 2 heteroatoms. The average molecular weight is 687 g/mol. The summed E-state index contributed by atoms with van der Waals surface area (Å²) in [6, 6.07) is 73.4.